The molecule has 2 aromatic carbocycles. The fraction of sp³-hybridized carbons (Fsp3) is 0.231. The SMILES string of the molecule is COc1cc2cc(CN(Cc3cccs3)C(=S)NC(C)c3ccccc3)c(=O)[nH]c2cc1OC. The average Bonchev–Trinajstić information content (AvgIpc) is 3.37. The number of hydrogen-bond acceptors (Lipinski definition) is 5. The van der Waals surface area contributed by atoms with Crippen LogP contribution in [0.25, 0.3) is 10.9 Å². The van der Waals surface area contributed by atoms with Crippen LogP contribution in [0.1, 0.15) is 29.0 Å². The van der Waals surface area contributed by atoms with Gasteiger partial charge in [-0.2, -0.15) is 0 Å². The summed E-state index contributed by atoms with van der Waals surface area (Å²) in [5, 5.41) is 6.93. The predicted molar refractivity (Wildman–Crippen MR) is 142 cm³/mol. The van der Waals surface area contributed by atoms with E-state index in [0.717, 1.165) is 10.9 Å². The second-order valence-corrected chi connectivity index (χ2v) is 9.35. The molecule has 2 aromatic heterocycles. The summed E-state index contributed by atoms with van der Waals surface area (Å²) in [5.74, 6) is 1.18. The average molecular weight is 494 g/mol. The molecule has 4 rings (SSSR count). The summed E-state index contributed by atoms with van der Waals surface area (Å²) in [4.78, 5) is 19.1. The molecule has 0 saturated heterocycles. The molecule has 0 aliphatic heterocycles. The molecular weight excluding hydrogens is 466 g/mol. The highest BCUT2D eigenvalue weighted by Crippen LogP contribution is 2.31. The van der Waals surface area contributed by atoms with Crippen molar-refractivity contribution in [2.75, 3.05) is 14.2 Å². The monoisotopic (exact) mass is 493 g/mol. The van der Waals surface area contributed by atoms with E-state index in [4.69, 9.17) is 21.7 Å². The van der Waals surface area contributed by atoms with E-state index in [-0.39, 0.29) is 11.6 Å². The Morgan fingerprint density at radius 3 is 2.47 bits per heavy atom. The third kappa shape index (κ3) is 5.40. The summed E-state index contributed by atoms with van der Waals surface area (Å²) in [6, 6.07) is 19.8. The summed E-state index contributed by atoms with van der Waals surface area (Å²) in [6.07, 6.45) is 0. The van der Waals surface area contributed by atoms with Crippen LogP contribution >= 0.6 is 23.6 Å². The Kier molecular flexibility index (Phi) is 7.49. The lowest BCUT2D eigenvalue weighted by Gasteiger charge is -2.28. The van der Waals surface area contributed by atoms with E-state index in [9.17, 15) is 4.79 Å². The smallest absolute Gasteiger partial charge is 0.253 e. The molecule has 0 amide bonds. The first-order valence-electron chi connectivity index (χ1n) is 10.9. The molecule has 0 saturated carbocycles. The minimum Gasteiger partial charge on any atom is -0.493 e. The van der Waals surface area contributed by atoms with Gasteiger partial charge in [0.15, 0.2) is 16.6 Å². The molecule has 0 aliphatic rings. The number of methoxy groups -OCH3 is 2. The number of aromatic nitrogens is 1. The van der Waals surface area contributed by atoms with Crippen LogP contribution in [0, 0.1) is 0 Å². The molecule has 0 aliphatic carbocycles. The highest BCUT2D eigenvalue weighted by Gasteiger charge is 2.17. The lowest BCUT2D eigenvalue weighted by molar-refractivity contribution is 0.355. The van der Waals surface area contributed by atoms with Crippen molar-refractivity contribution in [1.29, 1.82) is 0 Å². The fourth-order valence-electron chi connectivity index (χ4n) is 3.79. The van der Waals surface area contributed by atoms with Gasteiger partial charge in [-0.15, -0.1) is 11.3 Å². The Hall–Kier alpha value is -3.36. The quantitative estimate of drug-likeness (QED) is 0.327. The zero-order valence-corrected chi connectivity index (χ0v) is 21.0. The number of thiocarbonyl (C=S) groups is 1. The van der Waals surface area contributed by atoms with Gasteiger partial charge in [0.1, 0.15) is 0 Å². The molecule has 2 N–H and O–H groups in total. The summed E-state index contributed by atoms with van der Waals surface area (Å²) in [7, 11) is 3.17. The van der Waals surface area contributed by atoms with Crippen molar-refractivity contribution in [2.24, 2.45) is 0 Å². The molecule has 8 heteroatoms. The van der Waals surface area contributed by atoms with Crippen molar-refractivity contribution < 1.29 is 9.47 Å². The Labute approximate surface area is 208 Å². The van der Waals surface area contributed by atoms with E-state index in [1.165, 1.54) is 4.88 Å². The summed E-state index contributed by atoms with van der Waals surface area (Å²) >= 11 is 7.47. The lowest BCUT2D eigenvalue weighted by atomic mass is 10.1. The minimum absolute atomic E-state index is 0.0335. The van der Waals surface area contributed by atoms with Crippen LogP contribution in [-0.4, -0.2) is 29.2 Å². The number of ether oxygens (including phenoxy) is 2. The topological polar surface area (TPSA) is 66.6 Å². The van der Waals surface area contributed by atoms with Crippen molar-refractivity contribution in [3.63, 3.8) is 0 Å². The van der Waals surface area contributed by atoms with E-state index in [2.05, 4.69) is 35.4 Å². The highest BCUT2D eigenvalue weighted by molar-refractivity contribution is 7.80. The number of benzene rings is 2. The van der Waals surface area contributed by atoms with Crippen molar-refractivity contribution in [1.82, 2.24) is 15.2 Å². The van der Waals surface area contributed by atoms with Crippen LogP contribution in [0.15, 0.2) is 70.8 Å². The predicted octanol–water partition coefficient (Wildman–Crippen LogP) is 5.24. The number of rotatable bonds is 8. The number of thiophene rings is 1. The van der Waals surface area contributed by atoms with Crippen molar-refractivity contribution in [2.45, 2.75) is 26.1 Å². The maximum atomic E-state index is 13.0. The van der Waals surface area contributed by atoms with Crippen LogP contribution < -0.4 is 20.3 Å². The van der Waals surface area contributed by atoms with Gasteiger partial charge >= 0.3 is 0 Å². The number of nitrogens with one attached hydrogen (secondary N) is 2. The Morgan fingerprint density at radius 2 is 1.79 bits per heavy atom. The number of fused-ring (bicyclic) bond motifs is 1. The van der Waals surface area contributed by atoms with Crippen LogP contribution in [0.3, 0.4) is 0 Å². The van der Waals surface area contributed by atoms with Crippen molar-refractivity contribution >= 4 is 39.6 Å². The van der Waals surface area contributed by atoms with Crippen LogP contribution in [-0.2, 0) is 13.1 Å². The first kappa shape index (κ1) is 23.8. The van der Waals surface area contributed by atoms with E-state index >= 15 is 0 Å². The molecule has 1 atom stereocenters. The van der Waals surface area contributed by atoms with Gasteiger partial charge in [-0.05, 0) is 48.3 Å². The third-order valence-corrected chi connectivity index (χ3v) is 6.88. The van der Waals surface area contributed by atoms with Gasteiger partial charge in [-0.1, -0.05) is 36.4 Å². The Morgan fingerprint density at radius 1 is 1.06 bits per heavy atom. The molecule has 0 spiro atoms. The zero-order valence-electron chi connectivity index (χ0n) is 19.3. The van der Waals surface area contributed by atoms with Gasteiger partial charge in [0.2, 0.25) is 0 Å². The fourth-order valence-corrected chi connectivity index (χ4v) is 4.82. The number of H-pyrrole nitrogens is 1. The maximum absolute atomic E-state index is 13.0. The van der Waals surface area contributed by atoms with Crippen LogP contribution in [0.2, 0.25) is 0 Å². The second kappa shape index (κ2) is 10.7. The third-order valence-electron chi connectivity index (χ3n) is 5.64. The van der Waals surface area contributed by atoms with Crippen LogP contribution in [0.5, 0.6) is 11.5 Å². The van der Waals surface area contributed by atoms with Crippen LogP contribution in [0.4, 0.5) is 0 Å². The van der Waals surface area contributed by atoms with Gasteiger partial charge in [0, 0.05) is 21.9 Å². The molecule has 34 heavy (non-hydrogen) atoms. The maximum Gasteiger partial charge on any atom is 0.253 e. The molecule has 1 unspecified atom stereocenters. The highest BCUT2D eigenvalue weighted by atomic mass is 32.1. The number of nitrogens with zero attached hydrogens (tertiary/aromatic N) is 1. The molecule has 6 nitrogen and oxygen atoms in total. The van der Waals surface area contributed by atoms with Gasteiger partial charge < -0.3 is 24.7 Å². The number of hydrogen-bond donors (Lipinski definition) is 2. The van der Waals surface area contributed by atoms with E-state index < -0.39 is 0 Å². The van der Waals surface area contributed by atoms with Gasteiger partial charge in [0.05, 0.1) is 38.9 Å². The van der Waals surface area contributed by atoms with E-state index in [1.54, 1.807) is 31.6 Å². The zero-order chi connectivity index (χ0) is 24.1. The standard InChI is InChI=1S/C26H27N3O3S2/c1-17(18-8-5-4-6-9-18)27-26(33)29(16-21-10-7-11-34-21)15-20-12-19-13-23(31-2)24(32-3)14-22(19)28-25(20)30/h4-14,17H,15-16H2,1-3H3,(H,27,33)(H,28,30). The van der Waals surface area contributed by atoms with Gasteiger partial charge in [0.25, 0.3) is 5.56 Å². The van der Waals surface area contributed by atoms with E-state index in [0.29, 0.717) is 40.8 Å². The van der Waals surface area contributed by atoms with Gasteiger partial charge in [-0.25, -0.2) is 0 Å². The normalized spacial score (nSPS) is 11.7. The summed E-state index contributed by atoms with van der Waals surface area (Å²) in [5.41, 5.74) is 2.29. The molecule has 4 aromatic rings. The van der Waals surface area contributed by atoms with E-state index in [1.807, 2.05) is 46.7 Å². The lowest BCUT2D eigenvalue weighted by Crippen LogP contribution is -2.40. The molecule has 0 fully saturated rings. The number of aromatic amines is 1. The molecule has 0 bridgehead atoms. The first-order valence-corrected chi connectivity index (χ1v) is 12.2. The molecule has 176 valence electrons. The summed E-state index contributed by atoms with van der Waals surface area (Å²) in [6.45, 7) is 3.05. The molecule has 2 heterocycles. The van der Waals surface area contributed by atoms with Crippen molar-refractivity contribution in [3.8, 4) is 11.5 Å². The second-order valence-electron chi connectivity index (χ2n) is 7.94. The first-order chi connectivity index (χ1) is 16.5. The largest absolute Gasteiger partial charge is 0.493 e. The Balaban J connectivity index is 1.63. The minimum atomic E-state index is -0.158. The Bertz CT molecular complexity index is 1320. The molecule has 0 radical (unpaired) electrons. The van der Waals surface area contributed by atoms with Crippen molar-refractivity contribution in [3.05, 3.63) is 92.4 Å². The summed E-state index contributed by atoms with van der Waals surface area (Å²) < 4.78 is 10.8. The molecular formula is C26H27N3O3S2. The number of pyridine rings is 1. The van der Waals surface area contributed by atoms with Gasteiger partial charge in [-0.3, -0.25) is 4.79 Å².